The SMILES string of the molecule is CCc1ccccc1NC(=O)c1ccnc(O[C@H]2CCSC2)c1. The predicted octanol–water partition coefficient (Wildman–Crippen LogP) is 3.78. The van der Waals surface area contributed by atoms with Crippen molar-refractivity contribution < 1.29 is 9.53 Å². The Balaban J connectivity index is 1.71. The number of nitrogens with one attached hydrogen (secondary N) is 1. The third-order valence-corrected chi connectivity index (χ3v) is 4.95. The van der Waals surface area contributed by atoms with Crippen LogP contribution in [-0.4, -0.2) is 28.5 Å². The molecule has 23 heavy (non-hydrogen) atoms. The molecule has 0 bridgehead atoms. The van der Waals surface area contributed by atoms with Crippen LogP contribution < -0.4 is 10.1 Å². The summed E-state index contributed by atoms with van der Waals surface area (Å²) < 4.78 is 5.85. The van der Waals surface area contributed by atoms with E-state index in [9.17, 15) is 4.79 Å². The number of thioether (sulfide) groups is 1. The first-order valence-corrected chi connectivity index (χ1v) is 9.01. The Bertz CT molecular complexity index is 684. The molecule has 0 radical (unpaired) electrons. The van der Waals surface area contributed by atoms with Gasteiger partial charge < -0.3 is 10.1 Å². The summed E-state index contributed by atoms with van der Waals surface area (Å²) in [6.07, 6.45) is 3.73. The van der Waals surface area contributed by atoms with Gasteiger partial charge in [-0.2, -0.15) is 11.8 Å². The number of amides is 1. The molecule has 120 valence electrons. The van der Waals surface area contributed by atoms with Crippen molar-refractivity contribution in [2.45, 2.75) is 25.9 Å². The van der Waals surface area contributed by atoms with Crippen LogP contribution in [0.4, 0.5) is 5.69 Å². The molecule has 0 saturated carbocycles. The molecule has 3 rings (SSSR count). The lowest BCUT2D eigenvalue weighted by atomic mass is 10.1. The highest BCUT2D eigenvalue weighted by molar-refractivity contribution is 7.99. The van der Waals surface area contributed by atoms with E-state index >= 15 is 0 Å². The van der Waals surface area contributed by atoms with Crippen LogP contribution in [0.5, 0.6) is 5.88 Å². The zero-order valence-electron chi connectivity index (χ0n) is 13.1. The second kappa shape index (κ2) is 7.51. The number of ether oxygens (including phenoxy) is 1. The molecule has 1 saturated heterocycles. The van der Waals surface area contributed by atoms with Crippen molar-refractivity contribution >= 4 is 23.4 Å². The maximum atomic E-state index is 12.5. The van der Waals surface area contributed by atoms with Gasteiger partial charge in [0.15, 0.2) is 0 Å². The molecule has 1 amide bonds. The minimum atomic E-state index is -0.140. The molecule has 1 aliphatic rings. The van der Waals surface area contributed by atoms with Crippen molar-refractivity contribution in [1.82, 2.24) is 4.98 Å². The lowest BCUT2D eigenvalue weighted by Crippen LogP contribution is -2.17. The molecule has 1 aromatic heterocycles. The molecule has 1 aromatic carbocycles. The summed E-state index contributed by atoms with van der Waals surface area (Å²) in [5, 5.41) is 2.97. The zero-order valence-corrected chi connectivity index (χ0v) is 13.9. The van der Waals surface area contributed by atoms with E-state index in [4.69, 9.17) is 4.74 Å². The van der Waals surface area contributed by atoms with Crippen LogP contribution in [0.2, 0.25) is 0 Å². The van der Waals surface area contributed by atoms with Crippen molar-refractivity contribution in [2.75, 3.05) is 16.8 Å². The molecule has 0 spiro atoms. The fourth-order valence-corrected chi connectivity index (χ4v) is 3.63. The number of rotatable bonds is 5. The minimum absolute atomic E-state index is 0.140. The molecule has 0 unspecified atom stereocenters. The molecule has 1 N–H and O–H groups in total. The third kappa shape index (κ3) is 4.05. The average Bonchev–Trinajstić information content (AvgIpc) is 3.08. The molecule has 4 nitrogen and oxygen atoms in total. The number of anilines is 1. The number of aryl methyl sites for hydroxylation is 1. The third-order valence-electron chi connectivity index (χ3n) is 3.82. The van der Waals surface area contributed by atoms with Crippen molar-refractivity contribution in [1.29, 1.82) is 0 Å². The van der Waals surface area contributed by atoms with Crippen LogP contribution in [0.15, 0.2) is 42.6 Å². The molecule has 1 aliphatic heterocycles. The second-order valence-corrected chi connectivity index (χ2v) is 6.60. The molecule has 5 heteroatoms. The first-order chi connectivity index (χ1) is 11.3. The molecular weight excluding hydrogens is 308 g/mol. The minimum Gasteiger partial charge on any atom is -0.473 e. The number of hydrogen-bond donors (Lipinski definition) is 1. The topological polar surface area (TPSA) is 51.2 Å². The van der Waals surface area contributed by atoms with Crippen molar-refractivity contribution in [3.8, 4) is 5.88 Å². The normalized spacial score (nSPS) is 17.0. The molecule has 2 heterocycles. The monoisotopic (exact) mass is 328 g/mol. The van der Waals surface area contributed by atoms with Crippen LogP contribution in [0.1, 0.15) is 29.3 Å². The number of aromatic nitrogens is 1. The number of carbonyl (C=O) groups excluding carboxylic acids is 1. The smallest absolute Gasteiger partial charge is 0.255 e. The zero-order chi connectivity index (χ0) is 16.1. The van der Waals surface area contributed by atoms with Gasteiger partial charge in [0.05, 0.1) is 0 Å². The first-order valence-electron chi connectivity index (χ1n) is 7.86. The van der Waals surface area contributed by atoms with Crippen LogP contribution in [0.3, 0.4) is 0 Å². The van der Waals surface area contributed by atoms with Gasteiger partial charge in [-0.25, -0.2) is 4.98 Å². The molecule has 1 atom stereocenters. The van der Waals surface area contributed by atoms with E-state index in [2.05, 4.69) is 17.2 Å². The number of hydrogen-bond acceptors (Lipinski definition) is 4. The van der Waals surface area contributed by atoms with Crippen molar-refractivity contribution in [3.63, 3.8) is 0 Å². The van der Waals surface area contributed by atoms with E-state index in [1.165, 1.54) is 0 Å². The Morgan fingerprint density at radius 3 is 3.04 bits per heavy atom. The number of benzene rings is 1. The molecular formula is C18H20N2O2S. The Hall–Kier alpha value is -2.01. The van der Waals surface area contributed by atoms with Crippen LogP contribution in [0, 0.1) is 0 Å². The van der Waals surface area contributed by atoms with Crippen LogP contribution in [0.25, 0.3) is 0 Å². The number of para-hydroxylation sites is 1. The molecule has 1 fully saturated rings. The quantitative estimate of drug-likeness (QED) is 0.907. The summed E-state index contributed by atoms with van der Waals surface area (Å²) in [6, 6.07) is 11.3. The van der Waals surface area contributed by atoms with Crippen molar-refractivity contribution in [2.24, 2.45) is 0 Å². The first kappa shape index (κ1) is 15.9. The maximum absolute atomic E-state index is 12.5. The number of nitrogens with zero attached hydrogens (tertiary/aromatic N) is 1. The summed E-state index contributed by atoms with van der Waals surface area (Å²) >= 11 is 1.89. The van der Waals surface area contributed by atoms with Gasteiger partial charge in [0, 0.05) is 29.3 Å². The van der Waals surface area contributed by atoms with Gasteiger partial charge in [0.2, 0.25) is 5.88 Å². The lowest BCUT2D eigenvalue weighted by molar-refractivity contribution is 0.102. The maximum Gasteiger partial charge on any atom is 0.255 e. The van der Waals surface area contributed by atoms with E-state index < -0.39 is 0 Å². The van der Waals surface area contributed by atoms with Gasteiger partial charge in [-0.15, -0.1) is 0 Å². The van der Waals surface area contributed by atoms with Gasteiger partial charge >= 0.3 is 0 Å². The van der Waals surface area contributed by atoms with Crippen LogP contribution >= 0.6 is 11.8 Å². The predicted molar refractivity (Wildman–Crippen MR) is 94.4 cm³/mol. The Kier molecular flexibility index (Phi) is 5.18. The van der Waals surface area contributed by atoms with Gasteiger partial charge in [-0.1, -0.05) is 25.1 Å². The van der Waals surface area contributed by atoms with Gasteiger partial charge in [-0.3, -0.25) is 4.79 Å². The highest BCUT2D eigenvalue weighted by Gasteiger charge is 2.18. The molecule has 0 aliphatic carbocycles. The van der Waals surface area contributed by atoms with Gasteiger partial charge in [0.25, 0.3) is 5.91 Å². The largest absolute Gasteiger partial charge is 0.473 e. The molecule has 2 aromatic rings. The fraction of sp³-hybridized carbons (Fsp3) is 0.333. The highest BCUT2D eigenvalue weighted by Crippen LogP contribution is 2.23. The standard InChI is InChI=1S/C18H20N2O2S/c1-2-13-5-3-4-6-16(13)20-18(21)14-7-9-19-17(11-14)22-15-8-10-23-12-15/h3-7,9,11,15H,2,8,10,12H2,1H3,(H,20,21)/t15-/m0/s1. The van der Waals surface area contributed by atoms with Gasteiger partial charge in [-0.05, 0) is 36.3 Å². The fourth-order valence-electron chi connectivity index (χ4n) is 2.54. The van der Waals surface area contributed by atoms with E-state index in [0.29, 0.717) is 11.4 Å². The number of pyridine rings is 1. The summed E-state index contributed by atoms with van der Waals surface area (Å²) in [6.45, 7) is 2.07. The average molecular weight is 328 g/mol. The van der Waals surface area contributed by atoms with E-state index in [0.717, 1.165) is 35.6 Å². The summed E-state index contributed by atoms with van der Waals surface area (Å²) in [4.78, 5) is 16.7. The van der Waals surface area contributed by atoms with E-state index in [1.54, 1.807) is 18.3 Å². The Morgan fingerprint density at radius 1 is 1.39 bits per heavy atom. The summed E-state index contributed by atoms with van der Waals surface area (Å²) in [5.74, 6) is 2.49. The summed E-state index contributed by atoms with van der Waals surface area (Å²) in [5.41, 5.74) is 2.53. The van der Waals surface area contributed by atoms with E-state index in [-0.39, 0.29) is 12.0 Å². The van der Waals surface area contributed by atoms with Gasteiger partial charge in [0.1, 0.15) is 6.10 Å². The Labute approximate surface area is 140 Å². The van der Waals surface area contributed by atoms with E-state index in [1.807, 2.05) is 36.0 Å². The number of carbonyl (C=O) groups is 1. The van der Waals surface area contributed by atoms with Crippen molar-refractivity contribution in [3.05, 3.63) is 53.7 Å². The second-order valence-electron chi connectivity index (χ2n) is 5.45. The van der Waals surface area contributed by atoms with Crippen LogP contribution in [-0.2, 0) is 6.42 Å². The lowest BCUT2D eigenvalue weighted by Gasteiger charge is -2.13. The Morgan fingerprint density at radius 2 is 2.26 bits per heavy atom. The summed E-state index contributed by atoms with van der Waals surface area (Å²) in [7, 11) is 0. The highest BCUT2D eigenvalue weighted by atomic mass is 32.2.